The molecule has 2 aromatic rings. The molecular formula is C16H11Cl2NO. The maximum Gasteiger partial charge on any atom is 0.119 e. The Kier molecular flexibility index (Phi) is 5.06. The van der Waals surface area contributed by atoms with E-state index in [2.05, 4.69) is 0 Å². The van der Waals surface area contributed by atoms with E-state index >= 15 is 0 Å². The molecule has 0 aromatic heterocycles. The third kappa shape index (κ3) is 4.03. The summed E-state index contributed by atoms with van der Waals surface area (Å²) in [7, 11) is 0. The van der Waals surface area contributed by atoms with Gasteiger partial charge in [-0.05, 0) is 41.5 Å². The van der Waals surface area contributed by atoms with Crippen molar-refractivity contribution in [3.05, 3.63) is 69.7 Å². The van der Waals surface area contributed by atoms with Gasteiger partial charge in [-0.2, -0.15) is 5.26 Å². The zero-order valence-corrected chi connectivity index (χ0v) is 12.0. The molecule has 100 valence electrons. The summed E-state index contributed by atoms with van der Waals surface area (Å²) in [5, 5.41) is 9.50. The van der Waals surface area contributed by atoms with Crippen molar-refractivity contribution in [3.8, 4) is 11.8 Å². The second-order valence-electron chi connectivity index (χ2n) is 4.07. The number of nitrogens with zero attached hydrogens (tertiary/aromatic N) is 1. The fourth-order valence-corrected chi connectivity index (χ4v) is 1.93. The van der Waals surface area contributed by atoms with E-state index in [1.807, 2.05) is 36.4 Å². The Morgan fingerprint density at radius 3 is 2.45 bits per heavy atom. The monoisotopic (exact) mass is 303 g/mol. The van der Waals surface area contributed by atoms with Crippen LogP contribution in [0.3, 0.4) is 0 Å². The first-order valence-electron chi connectivity index (χ1n) is 5.92. The molecule has 0 fully saturated rings. The van der Waals surface area contributed by atoms with Crippen molar-refractivity contribution in [1.82, 2.24) is 0 Å². The number of ether oxygens (including phenoxy) is 1. The number of halogens is 2. The maximum absolute atomic E-state index is 8.45. The largest absolute Gasteiger partial charge is 0.489 e. The highest BCUT2D eigenvalue weighted by Crippen LogP contribution is 2.23. The predicted octanol–water partition coefficient (Wildman–Crippen LogP) is 5.11. The van der Waals surface area contributed by atoms with Gasteiger partial charge in [0.15, 0.2) is 0 Å². The third-order valence-electron chi connectivity index (χ3n) is 2.62. The van der Waals surface area contributed by atoms with Crippen molar-refractivity contribution in [2.75, 3.05) is 0 Å². The molecule has 0 radical (unpaired) electrons. The molecule has 2 nitrogen and oxygen atoms in total. The maximum atomic E-state index is 8.45. The molecule has 4 heteroatoms. The summed E-state index contributed by atoms with van der Waals surface area (Å²) in [5.74, 6) is 0.755. The first kappa shape index (κ1) is 14.5. The number of benzene rings is 2. The second-order valence-corrected chi connectivity index (χ2v) is 4.88. The zero-order chi connectivity index (χ0) is 14.4. The van der Waals surface area contributed by atoms with Gasteiger partial charge in [0.05, 0.1) is 16.1 Å². The zero-order valence-electron chi connectivity index (χ0n) is 10.5. The quantitative estimate of drug-likeness (QED) is 0.735. The number of rotatable bonds is 4. The first-order chi connectivity index (χ1) is 9.69. The van der Waals surface area contributed by atoms with E-state index in [4.69, 9.17) is 33.2 Å². The van der Waals surface area contributed by atoms with Gasteiger partial charge < -0.3 is 4.74 Å². The minimum atomic E-state index is 0.421. The van der Waals surface area contributed by atoms with E-state index in [9.17, 15) is 0 Å². The summed E-state index contributed by atoms with van der Waals surface area (Å²) in [6, 6.07) is 14.8. The van der Waals surface area contributed by atoms with Crippen LogP contribution >= 0.6 is 23.2 Å². The molecule has 0 spiro atoms. The summed E-state index contributed by atoms with van der Waals surface area (Å²) in [6.45, 7) is 0.421. The molecule has 0 saturated heterocycles. The molecule has 0 aliphatic carbocycles. The fourth-order valence-electron chi connectivity index (χ4n) is 1.60. The second kappa shape index (κ2) is 7.00. The molecular weight excluding hydrogens is 293 g/mol. The molecule has 20 heavy (non-hydrogen) atoms. The van der Waals surface area contributed by atoms with E-state index in [0.29, 0.717) is 16.7 Å². The molecule has 0 N–H and O–H groups in total. The van der Waals surface area contributed by atoms with Crippen LogP contribution in [0.1, 0.15) is 11.1 Å². The number of allylic oxidation sites excluding steroid dienone is 1. The molecule has 0 atom stereocenters. The fraction of sp³-hybridized carbons (Fsp3) is 0.0625. The van der Waals surface area contributed by atoms with Crippen LogP contribution in [0.4, 0.5) is 0 Å². The molecule has 0 saturated carbocycles. The van der Waals surface area contributed by atoms with Crippen LogP contribution in [0.15, 0.2) is 48.5 Å². The van der Waals surface area contributed by atoms with Crippen LogP contribution in [-0.2, 0) is 6.61 Å². The lowest BCUT2D eigenvalue weighted by atomic mass is 10.2. The summed E-state index contributed by atoms with van der Waals surface area (Å²) in [4.78, 5) is 0. The molecule has 0 bridgehead atoms. The van der Waals surface area contributed by atoms with Crippen LogP contribution in [0, 0.1) is 11.3 Å². The van der Waals surface area contributed by atoms with Gasteiger partial charge >= 0.3 is 0 Å². The Morgan fingerprint density at radius 2 is 1.80 bits per heavy atom. The van der Waals surface area contributed by atoms with Crippen molar-refractivity contribution >= 4 is 29.3 Å². The van der Waals surface area contributed by atoms with E-state index < -0.39 is 0 Å². The highest BCUT2D eigenvalue weighted by molar-refractivity contribution is 6.42. The molecule has 0 amide bonds. The lowest BCUT2D eigenvalue weighted by Gasteiger charge is -2.07. The normalized spacial score (nSPS) is 10.4. The highest BCUT2D eigenvalue weighted by atomic mass is 35.5. The van der Waals surface area contributed by atoms with Crippen molar-refractivity contribution in [2.45, 2.75) is 6.61 Å². The van der Waals surface area contributed by atoms with E-state index in [-0.39, 0.29) is 0 Å². The van der Waals surface area contributed by atoms with Gasteiger partial charge in [0.1, 0.15) is 12.4 Å². The Morgan fingerprint density at radius 1 is 1.05 bits per heavy atom. The number of hydrogen-bond donors (Lipinski definition) is 0. The lowest BCUT2D eigenvalue weighted by molar-refractivity contribution is 0.306. The Balaban J connectivity index is 1.98. The standard InChI is InChI=1S/C16H11Cl2NO/c17-15-8-5-13(10-16(15)18)11-20-14-6-3-12(4-7-14)2-1-9-19/h1-8,10H,11H2. The van der Waals surface area contributed by atoms with Crippen LogP contribution in [0.5, 0.6) is 5.75 Å². The van der Waals surface area contributed by atoms with E-state index in [1.165, 1.54) is 6.08 Å². The topological polar surface area (TPSA) is 33.0 Å². The average Bonchev–Trinajstić information content (AvgIpc) is 2.47. The SMILES string of the molecule is N#CC=Cc1ccc(OCc2ccc(Cl)c(Cl)c2)cc1. The van der Waals surface area contributed by atoms with Gasteiger partial charge in [-0.3, -0.25) is 0 Å². The number of nitriles is 1. The van der Waals surface area contributed by atoms with Gasteiger partial charge in [0, 0.05) is 6.08 Å². The van der Waals surface area contributed by atoms with Crippen molar-refractivity contribution in [3.63, 3.8) is 0 Å². The van der Waals surface area contributed by atoms with Crippen molar-refractivity contribution < 1.29 is 4.74 Å². The molecule has 2 rings (SSSR count). The Labute approximate surface area is 127 Å². The minimum Gasteiger partial charge on any atom is -0.489 e. The van der Waals surface area contributed by atoms with E-state index in [1.54, 1.807) is 18.2 Å². The Bertz CT molecular complexity index is 657. The lowest BCUT2D eigenvalue weighted by Crippen LogP contribution is -1.95. The van der Waals surface area contributed by atoms with Crippen LogP contribution in [0.2, 0.25) is 10.0 Å². The number of hydrogen-bond acceptors (Lipinski definition) is 2. The van der Waals surface area contributed by atoms with E-state index in [0.717, 1.165) is 16.9 Å². The van der Waals surface area contributed by atoms with Gasteiger partial charge in [0.25, 0.3) is 0 Å². The molecule has 0 heterocycles. The van der Waals surface area contributed by atoms with Crippen LogP contribution in [-0.4, -0.2) is 0 Å². The molecule has 0 aliphatic rings. The van der Waals surface area contributed by atoms with Crippen LogP contribution in [0.25, 0.3) is 6.08 Å². The van der Waals surface area contributed by atoms with Crippen molar-refractivity contribution in [2.24, 2.45) is 0 Å². The smallest absolute Gasteiger partial charge is 0.119 e. The van der Waals surface area contributed by atoms with Gasteiger partial charge in [-0.1, -0.05) is 41.4 Å². The summed E-state index contributed by atoms with van der Waals surface area (Å²) in [6.07, 6.45) is 3.17. The minimum absolute atomic E-state index is 0.421. The summed E-state index contributed by atoms with van der Waals surface area (Å²) < 4.78 is 5.66. The summed E-state index contributed by atoms with van der Waals surface area (Å²) in [5.41, 5.74) is 1.90. The van der Waals surface area contributed by atoms with Gasteiger partial charge in [0.2, 0.25) is 0 Å². The van der Waals surface area contributed by atoms with Crippen LogP contribution < -0.4 is 4.74 Å². The highest BCUT2D eigenvalue weighted by Gasteiger charge is 2.00. The van der Waals surface area contributed by atoms with Crippen molar-refractivity contribution in [1.29, 1.82) is 5.26 Å². The Hall–Kier alpha value is -1.95. The molecule has 0 unspecified atom stereocenters. The van der Waals surface area contributed by atoms with Gasteiger partial charge in [-0.15, -0.1) is 0 Å². The summed E-state index contributed by atoms with van der Waals surface area (Å²) >= 11 is 11.8. The third-order valence-corrected chi connectivity index (χ3v) is 3.36. The molecule has 2 aromatic carbocycles. The molecule has 0 aliphatic heterocycles. The van der Waals surface area contributed by atoms with Gasteiger partial charge in [-0.25, -0.2) is 0 Å². The predicted molar refractivity (Wildman–Crippen MR) is 81.9 cm³/mol. The first-order valence-corrected chi connectivity index (χ1v) is 6.67. The average molecular weight is 304 g/mol.